The Hall–Kier alpha value is -1.09. The average Bonchev–Trinajstić information content (AvgIpc) is 2.39. The lowest BCUT2D eigenvalue weighted by atomic mass is 9.96. The Kier molecular flexibility index (Phi) is 4.59. The molecule has 0 radical (unpaired) electrons. The summed E-state index contributed by atoms with van der Waals surface area (Å²) in [6.07, 6.45) is 5.25. The van der Waals surface area contributed by atoms with E-state index in [0.717, 1.165) is 18.5 Å². The molecule has 0 amide bonds. The van der Waals surface area contributed by atoms with Crippen LogP contribution in [-0.2, 0) is 12.8 Å². The fraction of sp³-hybridized carbons (Fsp3) is 0.600. The van der Waals surface area contributed by atoms with E-state index in [2.05, 4.69) is 5.32 Å². The highest BCUT2D eigenvalue weighted by atomic mass is 19.1. The number of hydrogen-bond donors (Lipinski definition) is 1. The molecule has 1 N–H and O–H groups in total. The molecule has 0 spiro atoms. The normalized spacial score (nSPS) is 19.8. The molecule has 1 aliphatic rings. The Balaban J connectivity index is 2.15. The number of hydrogen-bond acceptors (Lipinski definition) is 2. The van der Waals surface area contributed by atoms with Gasteiger partial charge in [0.1, 0.15) is 11.6 Å². The van der Waals surface area contributed by atoms with Crippen LogP contribution in [0.4, 0.5) is 4.39 Å². The molecule has 1 heterocycles. The highest BCUT2D eigenvalue weighted by molar-refractivity contribution is 5.39. The van der Waals surface area contributed by atoms with Crippen LogP contribution >= 0.6 is 0 Å². The van der Waals surface area contributed by atoms with E-state index in [1.165, 1.54) is 19.3 Å². The van der Waals surface area contributed by atoms with Crippen LogP contribution in [0.15, 0.2) is 12.1 Å². The number of benzene rings is 1. The molecule has 0 aliphatic carbocycles. The van der Waals surface area contributed by atoms with Crippen molar-refractivity contribution in [3.05, 3.63) is 29.1 Å². The smallest absolute Gasteiger partial charge is 0.130 e. The maximum atomic E-state index is 14.0. The fourth-order valence-corrected chi connectivity index (χ4v) is 2.69. The van der Waals surface area contributed by atoms with Crippen LogP contribution in [0, 0.1) is 5.82 Å². The van der Waals surface area contributed by atoms with Gasteiger partial charge in [0.15, 0.2) is 0 Å². The summed E-state index contributed by atoms with van der Waals surface area (Å²) in [6.45, 7) is 3.03. The molecule has 0 aromatic heterocycles. The fourth-order valence-electron chi connectivity index (χ4n) is 2.69. The second-order valence-electron chi connectivity index (χ2n) is 4.96. The molecule has 3 heteroatoms. The molecule has 2 nitrogen and oxygen atoms in total. The lowest BCUT2D eigenvalue weighted by Crippen LogP contribution is -2.35. The van der Waals surface area contributed by atoms with Gasteiger partial charge in [-0.1, -0.05) is 13.3 Å². The summed E-state index contributed by atoms with van der Waals surface area (Å²) in [6, 6.07) is 4.13. The zero-order valence-corrected chi connectivity index (χ0v) is 11.3. The van der Waals surface area contributed by atoms with Gasteiger partial charge in [-0.3, -0.25) is 0 Å². The Morgan fingerprint density at radius 2 is 2.22 bits per heavy atom. The predicted octanol–water partition coefficient (Wildman–Crippen LogP) is 3.08. The van der Waals surface area contributed by atoms with Gasteiger partial charge in [-0.2, -0.15) is 0 Å². The molecule has 100 valence electrons. The minimum Gasteiger partial charge on any atom is -0.496 e. The predicted molar refractivity (Wildman–Crippen MR) is 71.7 cm³/mol. The maximum absolute atomic E-state index is 14.0. The summed E-state index contributed by atoms with van der Waals surface area (Å²) in [5, 5.41) is 3.49. The van der Waals surface area contributed by atoms with Crippen molar-refractivity contribution in [2.24, 2.45) is 0 Å². The molecule has 1 aromatic carbocycles. The van der Waals surface area contributed by atoms with Crippen LogP contribution < -0.4 is 10.1 Å². The summed E-state index contributed by atoms with van der Waals surface area (Å²) in [5.74, 6) is 0.547. The summed E-state index contributed by atoms with van der Waals surface area (Å²) in [4.78, 5) is 0. The molecule has 1 saturated heterocycles. The Labute approximate surface area is 109 Å². The van der Waals surface area contributed by atoms with Gasteiger partial charge in [0.05, 0.1) is 7.11 Å². The quantitative estimate of drug-likeness (QED) is 0.888. The minimum absolute atomic E-state index is 0.136. The molecule has 0 bridgehead atoms. The summed E-state index contributed by atoms with van der Waals surface area (Å²) in [7, 11) is 1.61. The topological polar surface area (TPSA) is 21.3 Å². The van der Waals surface area contributed by atoms with Crippen molar-refractivity contribution in [2.75, 3.05) is 13.7 Å². The van der Waals surface area contributed by atoms with E-state index in [1.54, 1.807) is 13.2 Å². The van der Waals surface area contributed by atoms with Gasteiger partial charge in [-0.25, -0.2) is 4.39 Å². The van der Waals surface area contributed by atoms with Gasteiger partial charge in [-0.15, -0.1) is 0 Å². The zero-order chi connectivity index (χ0) is 13.0. The van der Waals surface area contributed by atoms with Gasteiger partial charge < -0.3 is 10.1 Å². The van der Waals surface area contributed by atoms with Crippen molar-refractivity contribution in [1.82, 2.24) is 5.32 Å². The Morgan fingerprint density at radius 3 is 2.83 bits per heavy atom. The molecule has 1 unspecified atom stereocenters. The highest BCUT2D eigenvalue weighted by Gasteiger charge is 2.16. The molecule has 1 fully saturated rings. The van der Waals surface area contributed by atoms with E-state index < -0.39 is 0 Å². The first-order chi connectivity index (χ1) is 8.74. The third kappa shape index (κ3) is 3.02. The van der Waals surface area contributed by atoms with E-state index in [0.29, 0.717) is 23.8 Å². The van der Waals surface area contributed by atoms with Crippen molar-refractivity contribution in [3.63, 3.8) is 0 Å². The van der Waals surface area contributed by atoms with Crippen LogP contribution in [-0.4, -0.2) is 19.7 Å². The number of methoxy groups -OCH3 is 1. The first-order valence-corrected chi connectivity index (χ1v) is 6.83. The Bertz CT molecular complexity index is 400. The number of piperidine rings is 1. The summed E-state index contributed by atoms with van der Waals surface area (Å²) in [5.41, 5.74) is 1.71. The van der Waals surface area contributed by atoms with Crippen molar-refractivity contribution >= 4 is 0 Å². The molecule has 0 saturated carbocycles. The van der Waals surface area contributed by atoms with Crippen LogP contribution in [0.25, 0.3) is 0 Å². The SMILES string of the molecule is CCc1c(F)cc(CC2CCCCN2)cc1OC. The standard InChI is InChI=1S/C15H22FNO/c1-3-13-14(16)9-11(10-15(13)18-2)8-12-6-4-5-7-17-12/h9-10,12,17H,3-8H2,1-2H3. The number of ether oxygens (including phenoxy) is 1. The molecule has 1 aromatic rings. The van der Waals surface area contributed by atoms with Crippen LogP contribution in [0.2, 0.25) is 0 Å². The van der Waals surface area contributed by atoms with E-state index in [1.807, 2.05) is 13.0 Å². The lowest BCUT2D eigenvalue weighted by Gasteiger charge is -2.24. The van der Waals surface area contributed by atoms with Crippen molar-refractivity contribution in [1.29, 1.82) is 0 Å². The van der Waals surface area contributed by atoms with Crippen LogP contribution in [0.5, 0.6) is 5.75 Å². The van der Waals surface area contributed by atoms with E-state index in [-0.39, 0.29) is 5.82 Å². The number of nitrogens with one attached hydrogen (secondary N) is 1. The molecule has 1 aliphatic heterocycles. The molecule has 1 atom stereocenters. The van der Waals surface area contributed by atoms with Gasteiger partial charge in [0.25, 0.3) is 0 Å². The molecule has 18 heavy (non-hydrogen) atoms. The van der Waals surface area contributed by atoms with Gasteiger partial charge in [-0.05, 0) is 49.9 Å². The summed E-state index contributed by atoms with van der Waals surface area (Å²) < 4.78 is 19.2. The maximum Gasteiger partial charge on any atom is 0.130 e. The average molecular weight is 251 g/mol. The summed E-state index contributed by atoms with van der Waals surface area (Å²) >= 11 is 0. The van der Waals surface area contributed by atoms with Gasteiger partial charge >= 0.3 is 0 Å². The lowest BCUT2D eigenvalue weighted by molar-refractivity contribution is 0.392. The van der Waals surface area contributed by atoms with Crippen molar-refractivity contribution in [3.8, 4) is 5.75 Å². The second kappa shape index (κ2) is 6.19. The van der Waals surface area contributed by atoms with Gasteiger partial charge in [0, 0.05) is 11.6 Å². The van der Waals surface area contributed by atoms with Crippen LogP contribution in [0.3, 0.4) is 0 Å². The van der Waals surface area contributed by atoms with Crippen molar-refractivity contribution < 1.29 is 9.13 Å². The third-order valence-electron chi connectivity index (χ3n) is 3.68. The monoisotopic (exact) mass is 251 g/mol. The van der Waals surface area contributed by atoms with E-state index in [9.17, 15) is 4.39 Å². The molecule has 2 rings (SSSR count). The molecular weight excluding hydrogens is 229 g/mol. The second-order valence-corrected chi connectivity index (χ2v) is 4.96. The largest absolute Gasteiger partial charge is 0.496 e. The minimum atomic E-state index is -0.136. The van der Waals surface area contributed by atoms with Gasteiger partial charge in [0.2, 0.25) is 0 Å². The van der Waals surface area contributed by atoms with Crippen molar-refractivity contribution in [2.45, 2.75) is 45.1 Å². The zero-order valence-electron chi connectivity index (χ0n) is 11.3. The highest BCUT2D eigenvalue weighted by Crippen LogP contribution is 2.25. The van der Waals surface area contributed by atoms with E-state index in [4.69, 9.17) is 4.74 Å². The first-order valence-electron chi connectivity index (χ1n) is 6.83. The number of rotatable bonds is 4. The number of halogens is 1. The molecular formula is C15H22FNO. The first kappa shape index (κ1) is 13.3. The third-order valence-corrected chi connectivity index (χ3v) is 3.68. The van der Waals surface area contributed by atoms with Crippen LogP contribution in [0.1, 0.15) is 37.3 Å². The Morgan fingerprint density at radius 1 is 1.39 bits per heavy atom. The van der Waals surface area contributed by atoms with E-state index >= 15 is 0 Å².